The van der Waals surface area contributed by atoms with Crippen molar-refractivity contribution in [1.29, 1.82) is 0 Å². The Hall–Kier alpha value is -1.76. The molecular formula is C11H16FN5O. The Balaban J connectivity index is 2.38. The largest absolute Gasteiger partial charge is 0.329 e. The van der Waals surface area contributed by atoms with Gasteiger partial charge in [0.15, 0.2) is 11.6 Å². The minimum absolute atomic E-state index is 0.0537. The summed E-state index contributed by atoms with van der Waals surface area (Å²) in [5.74, 6) is 0.829. The van der Waals surface area contributed by atoms with Crippen LogP contribution in [-0.4, -0.2) is 40.7 Å². The third-order valence-corrected chi connectivity index (χ3v) is 3.07. The summed E-state index contributed by atoms with van der Waals surface area (Å²) in [6.07, 6.45) is 2.73. The van der Waals surface area contributed by atoms with Gasteiger partial charge in [0.25, 0.3) is 0 Å². The molecule has 0 saturated carbocycles. The van der Waals surface area contributed by atoms with Crippen molar-refractivity contribution in [3.05, 3.63) is 10.5 Å². The average Bonchev–Trinajstić information content (AvgIpc) is 2.67. The zero-order valence-corrected chi connectivity index (χ0v) is 10.3. The number of aromatic nitrogens is 2. The first-order valence-electron chi connectivity index (χ1n) is 5.88. The van der Waals surface area contributed by atoms with Crippen LogP contribution in [0.5, 0.6) is 0 Å². The summed E-state index contributed by atoms with van der Waals surface area (Å²) in [7, 11) is 0. The monoisotopic (exact) mass is 253 g/mol. The molecule has 1 aliphatic heterocycles. The zero-order chi connectivity index (χ0) is 13.1. The van der Waals surface area contributed by atoms with Gasteiger partial charge in [0.2, 0.25) is 0 Å². The van der Waals surface area contributed by atoms with Gasteiger partial charge >= 0.3 is 5.69 Å². The topological polar surface area (TPSA) is 65.8 Å². The molecule has 0 amide bonds. The molecule has 0 atom stereocenters. The van der Waals surface area contributed by atoms with E-state index in [1.807, 2.05) is 0 Å². The highest BCUT2D eigenvalue weighted by atomic mass is 19.2. The summed E-state index contributed by atoms with van der Waals surface area (Å²) in [5, 5.41) is 0.764. The highest BCUT2D eigenvalue weighted by Crippen LogP contribution is 2.31. The van der Waals surface area contributed by atoms with Crippen molar-refractivity contribution in [1.82, 2.24) is 14.7 Å². The van der Waals surface area contributed by atoms with Gasteiger partial charge in [0.05, 0.1) is 0 Å². The fourth-order valence-electron chi connectivity index (χ4n) is 2.23. The Kier molecular flexibility index (Phi) is 3.71. The lowest BCUT2D eigenvalue weighted by Gasteiger charge is -2.26. The number of rotatable bonds is 3. The summed E-state index contributed by atoms with van der Waals surface area (Å²) < 4.78 is 14.5. The molecule has 1 aromatic heterocycles. The number of nitrogens with one attached hydrogen (secondary N) is 1. The molecule has 1 N–H and O–H groups in total. The van der Waals surface area contributed by atoms with Crippen LogP contribution in [0.3, 0.4) is 0 Å². The third kappa shape index (κ3) is 2.26. The van der Waals surface area contributed by atoms with Crippen LogP contribution in [0, 0.1) is 0 Å². The van der Waals surface area contributed by atoms with E-state index in [2.05, 4.69) is 21.7 Å². The molecular weight excluding hydrogens is 237 g/mol. The van der Waals surface area contributed by atoms with Gasteiger partial charge in [-0.05, 0) is 26.5 Å². The molecule has 2 heterocycles. The van der Waals surface area contributed by atoms with E-state index in [4.69, 9.17) is 0 Å². The SMILES string of the molecule is C=Nc1c(/N=C\C)[nH]c(=O)n1C1CCN(F)CC1. The first-order chi connectivity index (χ1) is 8.67. The summed E-state index contributed by atoms with van der Waals surface area (Å²) in [5.41, 5.74) is -0.268. The lowest BCUT2D eigenvalue weighted by atomic mass is 10.1. The molecule has 18 heavy (non-hydrogen) atoms. The van der Waals surface area contributed by atoms with E-state index in [1.165, 1.54) is 4.57 Å². The van der Waals surface area contributed by atoms with Crippen LogP contribution >= 0.6 is 0 Å². The second kappa shape index (κ2) is 5.26. The molecule has 1 aliphatic rings. The van der Waals surface area contributed by atoms with Crippen molar-refractivity contribution >= 4 is 24.6 Å². The lowest BCUT2D eigenvalue weighted by molar-refractivity contribution is -0.00676. The number of halogens is 1. The van der Waals surface area contributed by atoms with Crippen LogP contribution in [0.4, 0.5) is 16.1 Å². The Morgan fingerprint density at radius 3 is 2.72 bits per heavy atom. The highest BCUT2D eigenvalue weighted by molar-refractivity contribution is 5.65. The fourth-order valence-corrected chi connectivity index (χ4v) is 2.23. The Morgan fingerprint density at radius 2 is 2.17 bits per heavy atom. The van der Waals surface area contributed by atoms with Crippen molar-refractivity contribution in [2.45, 2.75) is 25.8 Å². The maximum Gasteiger partial charge on any atom is 0.329 e. The van der Waals surface area contributed by atoms with Gasteiger partial charge in [-0.25, -0.2) is 14.8 Å². The molecule has 0 spiro atoms. The van der Waals surface area contributed by atoms with E-state index < -0.39 is 0 Å². The van der Waals surface area contributed by atoms with Crippen molar-refractivity contribution in [3.8, 4) is 0 Å². The third-order valence-electron chi connectivity index (χ3n) is 3.07. The summed E-state index contributed by atoms with van der Waals surface area (Å²) in [6, 6.07) is -0.0537. The number of piperidine rings is 1. The van der Waals surface area contributed by atoms with Crippen molar-refractivity contribution in [2.24, 2.45) is 9.98 Å². The minimum atomic E-state index is -0.268. The van der Waals surface area contributed by atoms with Gasteiger partial charge in [-0.1, -0.05) is 0 Å². The van der Waals surface area contributed by atoms with Crippen LogP contribution < -0.4 is 5.69 Å². The maximum atomic E-state index is 13.0. The molecule has 2 rings (SSSR count). The van der Waals surface area contributed by atoms with Gasteiger partial charge in [0.1, 0.15) is 0 Å². The van der Waals surface area contributed by atoms with Crippen molar-refractivity contribution < 1.29 is 4.48 Å². The van der Waals surface area contributed by atoms with Crippen LogP contribution in [-0.2, 0) is 0 Å². The molecule has 0 aliphatic carbocycles. The normalized spacial score (nSPS) is 18.6. The smallest absolute Gasteiger partial charge is 0.289 e. The summed E-state index contributed by atoms with van der Waals surface area (Å²) in [4.78, 5) is 22.5. The van der Waals surface area contributed by atoms with E-state index >= 15 is 0 Å². The Labute approximate surface area is 104 Å². The molecule has 0 radical (unpaired) electrons. The van der Waals surface area contributed by atoms with Gasteiger partial charge in [0, 0.05) is 25.3 Å². The first-order valence-corrected chi connectivity index (χ1v) is 5.88. The number of nitrogens with zero attached hydrogens (tertiary/aromatic N) is 4. The van der Waals surface area contributed by atoms with Gasteiger partial charge in [-0.2, -0.15) is 0 Å². The highest BCUT2D eigenvalue weighted by Gasteiger charge is 2.25. The number of aliphatic imine (C=N–C) groups is 2. The second-order valence-electron chi connectivity index (χ2n) is 4.16. The molecule has 1 aromatic rings. The fraction of sp³-hybridized carbons (Fsp3) is 0.545. The number of hydrogen-bond donors (Lipinski definition) is 1. The molecule has 1 fully saturated rings. The van der Waals surface area contributed by atoms with E-state index in [0.29, 0.717) is 37.6 Å². The predicted octanol–water partition coefficient (Wildman–Crippen LogP) is 1.75. The number of aromatic amines is 1. The maximum absolute atomic E-state index is 13.0. The van der Waals surface area contributed by atoms with Gasteiger partial charge in [-0.15, -0.1) is 9.60 Å². The van der Waals surface area contributed by atoms with Gasteiger partial charge < -0.3 is 0 Å². The average molecular weight is 253 g/mol. The molecule has 0 aromatic carbocycles. The van der Waals surface area contributed by atoms with E-state index in [0.717, 1.165) is 5.12 Å². The van der Waals surface area contributed by atoms with Gasteiger partial charge in [-0.3, -0.25) is 9.55 Å². The van der Waals surface area contributed by atoms with Crippen LogP contribution in [0.2, 0.25) is 0 Å². The molecule has 0 bridgehead atoms. The lowest BCUT2D eigenvalue weighted by Crippen LogP contribution is -2.32. The number of hydrogen-bond acceptors (Lipinski definition) is 4. The number of H-pyrrole nitrogens is 1. The van der Waals surface area contributed by atoms with Crippen molar-refractivity contribution in [3.63, 3.8) is 0 Å². The Morgan fingerprint density at radius 1 is 1.50 bits per heavy atom. The van der Waals surface area contributed by atoms with Crippen LogP contribution in [0.25, 0.3) is 0 Å². The molecule has 1 saturated heterocycles. The molecule has 0 unspecified atom stereocenters. The van der Waals surface area contributed by atoms with Crippen molar-refractivity contribution in [2.75, 3.05) is 13.1 Å². The quantitative estimate of drug-likeness (QED) is 0.658. The molecule has 7 heteroatoms. The van der Waals surface area contributed by atoms with E-state index in [1.54, 1.807) is 13.1 Å². The van der Waals surface area contributed by atoms with E-state index in [9.17, 15) is 9.28 Å². The Bertz CT molecular complexity index is 510. The molecule has 98 valence electrons. The van der Waals surface area contributed by atoms with E-state index in [-0.39, 0.29) is 11.7 Å². The second-order valence-corrected chi connectivity index (χ2v) is 4.16. The minimum Gasteiger partial charge on any atom is -0.289 e. The summed E-state index contributed by atoms with van der Waals surface area (Å²) >= 11 is 0. The number of imidazole rings is 1. The predicted molar refractivity (Wildman–Crippen MR) is 69.0 cm³/mol. The first kappa shape index (κ1) is 12.7. The summed E-state index contributed by atoms with van der Waals surface area (Å²) in [6.45, 7) is 5.87. The zero-order valence-electron chi connectivity index (χ0n) is 10.3. The molecule has 6 nitrogen and oxygen atoms in total. The van der Waals surface area contributed by atoms with Crippen LogP contribution in [0.1, 0.15) is 25.8 Å². The standard InChI is InChI=1S/C11H16FN5O/c1-3-14-9-10(13-2)17(11(18)15-9)8-4-6-16(12)7-5-8/h3,8H,2,4-7H2,1H3,(H,15,18)/b14-3-. The van der Waals surface area contributed by atoms with Crippen LogP contribution in [0.15, 0.2) is 14.8 Å².